The molecule has 1 aliphatic heterocycles. The maximum atomic E-state index is 12.6. The van der Waals surface area contributed by atoms with E-state index in [1.165, 1.54) is 11.1 Å². The quantitative estimate of drug-likeness (QED) is 0.847. The Morgan fingerprint density at radius 3 is 2.82 bits per heavy atom. The minimum Gasteiger partial charge on any atom is -0.339 e. The van der Waals surface area contributed by atoms with Crippen molar-refractivity contribution in [3.8, 4) is 0 Å². The lowest BCUT2D eigenvalue weighted by Crippen LogP contribution is -2.36. The van der Waals surface area contributed by atoms with Crippen molar-refractivity contribution in [1.29, 1.82) is 5.41 Å². The summed E-state index contributed by atoms with van der Waals surface area (Å²) in [6.07, 6.45) is 3.54. The smallest absolute Gasteiger partial charge is 0.224 e. The maximum absolute atomic E-state index is 12.6. The van der Waals surface area contributed by atoms with E-state index in [9.17, 15) is 4.79 Å². The average molecular weight is 292 g/mol. The molecule has 0 unspecified atom stereocenters. The predicted octanol–water partition coefficient (Wildman–Crippen LogP) is 2.13. The molecule has 2 aromatic rings. The van der Waals surface area contributed by atoms with E-state index in [2.05, 4.69) is 30.0 Å². The van der Waals surface area contributed by atoms with E-state index in [4.69, 9.17) is 5.41 Å². The number of Topliss-reactive ketones (excluding diaryl/α,β-unsaturated/α-hetero) is 1. The van der Waals surface area contributed by atoms with Crippen LogP contribution < -0.4 is 0 Å². The number of aromatic nitrogens is 1. The minimum atomic E-state index is -0.115. The molecule has 4 rings (SSSR count). The Labute approximate surface area is 129 Å². The molecule has 1 aliphatic carbocycles. The first kappa shape index (κ1) is 13.2. The van der Waals surface area contributed by atoms with Gasteiger partial charge in [0.2, 0.25) is 5.78 Å². The summed E-state index contributed by atoms with van der Waals surface area (Å²) in [6.45, 7) is 1.64. The molecule has 0 radical (unpaired) electrons. The van der Waals surface area contributed by atoms with Gasteiger partial charge in [-0.05, 0) is 11.1 Å². The van der Waals surface area contributed by atoms with Gasteiger partial charge >= 0.3 is 0 Å². The molecule has 0 atom stereocenters. The molecular formula is C18H18N3O+. The van der Waals surface area contributed by atoms with Crippen molar-refractivity contribution in [3.05, 3.63) is 58.9 Å². The minimum absolute atomic E-state index is 0.115. The lowest BCUT2D eigenvalue weighted by Gasteiger charge is -2.19. The highest BCUT2D eigenvalue weighted by Crippen LogP contribution is 2.29. The fourth-order valence-corrected chi connectivity index (χ4v) is 3.50. The molecule has 1 aromatic heterocycles. The molecule has 1 N–H and O–H groups in total. The molecule has 0 saturated heterocycles. The molecule has 2 aliphatic rings. The zero-order chi connectivity index (χ0) is 15.3. The molecule has 0 bridgehead atoms. The lowest BCUT2D eigenvalue weighted by molar-refractivity contribution is -0.498. The predicted molar refractivity (Wildman–Crippen MR) is 85.5 cm³/mol. The van der Waals surface area contributed by atoms with Crippen LogP contribution in [-0.2, 0) is 13.0 Å². The van der Waals surface area contributed by atoms with Crippen molar-refractivity contribution in [2.24, 2.45) is 0 Å². The highest BCUT2D eigenvalue weighted by molar-refractivity contribution is 6.51. The Morgan fingerprint density at radius 2 is 2.05 bits per heavy atom. The van der Waals surface area contributed by atoms with Crippen molar-refractivity contribution >= 4 is 17.2 Å². The van der Waals surface area contributed by atoms with Gasteiger partial charge in [0.15, 0.2) is 5.71 Å². The van der Waals surface area contributed by atoms with Gasteiger partial charge < -0.3 is 9.98 Å². The average Bonchev–Trinajstić information content (AvgIpc) is 2.88. The van der Waals surface area contributed by atoms with E-state index in [0.29, 0.717) is 18.7 Å². The second-order valence-electron chi connectivity index (χ2n) is 6.09. The van der Waals surface area contributed by atoms with E-state index >= 15 is 0 Å². The Kier molecular flexibility index (Phi) is 2.86. The van der Waals surface area contributed by atoms with Crippen molar-refractivity contribution in [3.63, 3.8) is 0 Å². The van der Waals surface area contributed by atoms with E-state index in [-0.39, 0.29) is 11.5 Å². The van der Waals surface area contributed by atoms with Crippen LogP contribution in [0.15, 0.2) is 36.5 Å². The maximum Gasteiger partial charge on any atom is 0.224 e. The van der Waals surface area contributed by atoms with Crippen molar-refractivity contribution < 1.29 is 9.37 Å². The number of hydrogen-bond acceptors (Lipinski definition) is 2. The van der Waals surface area contributed by atoms with Crippen LogP contribution in [0.1, 0.15) is 33.6 Å². The summed E-state index contributed by atoms with van der Waals surface area (Å²) in [4.78, 5) is 12.6. The number of rotatable bonds is 2. The van der Waals surface area contributed by atoms with Gasteiger partial charge in [-0.15, -0.1) is 0 Å². The Balaban J connectivity index is 1.88. The highest BCUT2D eigenvalue weighted by atomic mass is 16.1. The van der Waals surface area contributed by atoms with Gasteiger partial charge in [0, 0.05) is 19.2 Å². The fourth-order valence-electron chi connectivity index (χ4n) is 3.50. The number of nitrogens with zero attached hydrogens (tertiary/aromatic N) is 2. The van der Waals surface area contributed by atoms with E-state index < -0.39 is 0 Å². The monoisotopic (exact) mass is 292 g/mol. The Morgan fingerprint density at radius 1 is 1.27 bits per heavy atom. The molecule has 2 heterocycles. The summed E-state index contributed by atoms with van der Waals surface area (Å²) in [7, 11) is 2.06. The molecule has 4 nitrogen and oxygen atoms in total. The van der Waals surface area contributed by atoms with Crippen LogP contribution in [0, 0.1) is 5.41 Å². The highest BCUT2D eigenvalue weighted by Gasteiger charge is 2.39. The number of likely N-dealkylation sites (N-methyl/N-ethyl adjacent to an activating group) is 1. The van der Waals surface area contributed by atoms with Crippen LogP contribution in [0.25, 0.3) is 0 Å². The first-order valence-electron chi connectivity index (χ1n) is 7.60. The number of benzene rings is 1. The van der Waals surface area contributed by atoms with Gasteiger partial charge in [-0.25, -0.2) is 4.58 Å². The Hall–Kier alpha value is -2.49. The van der Waals surface area contributed by atoms with Crippen molar-refractivity contribution in [1.82, 2.24) is 4.57 Å². The van der Waals surface area contributed by atoms with Gasteiger partial charge in [-0.2, -0.15) is 0 Å². The fraction of sp³-hybridized carbons (Fsp3) is 0.278. The van der Waals surface area contributed by atoms with Gasteiger partial charge in [0.05, 0.1) is 17.7 Å². The second kappa shape index (κ2) is 4.77. The van der Waals surface area contributed by atoms with Crippen LogP contribution in [-0.4, -0.2) is 39.9 Å². The number of carbonyl (C=O) groups excluding carboxylic acids is 1. The molecule has 22 heavy (non-hydrogen) atoms. The zero-order valence-electron chi connectivity index (χ0n) is 12.6. The summed E-state index contributed by atoms with van der Waals surface area (Å²) in [6, 6.07) is 10.2. The van der Waals surface area contributed by atoms with E-state index in [1.54, 1.807) is 0 Å². The van der Waals surface area contributed by atoms with Gasteiger partial charge in [0.1, 0.15) is 19.3 Å². The largest absolute Gasteiger partial charge is 0.339 e. The van der Waals surface area contributed by atoms with Crippen LogP contribution in [0.4, 0.5) is 0 Å². The number of hydrogen-bond donors (Lipinski definition) is 1. The third-order valence-electron chi connectivity index (χ3n) is 4.65. The zero-order valence-corrected chi connectivity index (χ0v) is 12.6. The number of nitrogens with one attached hydrogen (secondary N) is 1. The molecule has 0 saturated carbocycles. The normalized spacial score (nSPS) is 17.0. The summed E-state index contributed by atoms with van der Waals surface area (Å²) < 4.78 is 4.23. The first-order valence-corrected chi connectivity index (χ1v) is 7.60. The van der Waals surface area contributed by atoms with Crippen LogP contribution in [0.3, 0.4) is 0 Å². The van der Waals surface area contributed by atoms with E-state index in [0.717, 1.165) is 24.2 Å². The summed E-state index contributed by atoms with van der Waals surface area (Å²) in [5.74, 6) is -0.115. The van der Waals surface area contributed by atoms with Crippen molar-refractivity contribution in [2.75, 3.05) is 13.6 Å². The molecule has 110 valence electrons. The topological polar surface area (TPSA) is 48.9 Å². The molecule has 0 spiro atoms. The molecule has 0 amide bonds. The van der Waals surface area contributed by atoms with Crippen LogP contribution >= 0.6 is 0 Å². The van der Waals surface area contributed by atoms with Crippen LogP contribution in [0.2, 0.25) is 0 Å². The van der Waals surface area contributed by atoms with E-state index in [1.807, 2.05) is 22.8 Å². The number of carbonyl (C=O) groups is 1. The second-order valence-corrected chi connectivity index (χ2v) is 6.09. The standard InChI is InChI=1S/C18H18N3O/c1-20-8-7-13-11-21(10-12-5-3-2-4-6-12)17-16(13)15(20)9-14(19)18(17)22/h2-6,11,19H,7-10H2,1H3/q+1. The number of ketones is 1. The van der Waals surface area contributed by atoms with Gasteiger partial charge in [0.25, 0.3) is 0 Å². The van der Waals surface area contributed by atoms with Crippen molar-refractivity contribution in [2.45, 2.75) is 19.4 Å². The SMILES string of the molecule is C[N+]1=C2CC(=N)C(=O)c3c2c(cn3Cc2ccccc2)CC1. The third-order valence-corrected chi connectivity index (χ3v) is 4.65. The third kappa shape index (κ3) is 1.87. The molecule has 4 heteroatoms. The first-order chi connectivity index (χ1) is 10.6. The summed E-state index contributed by atoms with van der Waals surface area (Å²) in [5, 5.41) is 8.05. The lowest BCUT2D eigenvalue weighted by atomic mass is 9.87. The Bertz CT molecular complexity index is 828. The van der Waals surface area contributed by atoms with Gasteiger partial charge in [-0.1, -0.05) is 30.3 Å². The molecule has 0 fully saturated rings. The molecular weight excluding hydrogens is 274 g/mol. The molecule has 1 aromatic carbocycles. The summed E-state index contributed by atoms with van der Waals surface area (Å²) >= 11 is 0. The van der Waals surface area contributed by atoms with Gasteiger partial charge in [-0.3, -0.25) is 4.79 Å². The van der Waals surface area contributed by atoms with Crippen LogP contribution in [0.5, 0.6) is 0 Å². The summed E-state index contributed by atoms with van der Waals surface area (Å²) in [5.41, 5.74) is 5.55.